The van der Waals surface area contributed by atoms with Crippen molar-refractivity contribution in [3.8, 4) is 0 Å². The number of nitro groups is 1. The molecule has 3 rings (SSSR count). The first kappa shape index (κ1) is 11.9. The number of nitrogens with one attached hydrogen (secondary N) is 1. The number of hydrogen-bond acceptors (Lipinski definition) is 3. The summed E-state index contributed by atoms with van der Waals surface area (Å²) in [4.78, 5) is 13.7. The van der Waals surface area contributed by atoms with Gasteiger partial charge in [0.1, 0.15) is 0 Å². The van der Waals surface area contributed by atoms with Crippen molar-refractivity contribution in [3.63, 3.8) is 0 Å². The minimum Gasteiger partial charge on any atom is -0.361 e. The topological polar surface area (TPSA) is 85.0 Å². The van der Waals surface area contributed by atoms with Crippen molar-refractivity contribution in [3.05, 3.63) is 52.2 Å². The highest BCUT2D eigenvalue weighted by molar-refractivity contribution is 5.86. The zero-order chi connectivity index (χ0) is 13.5. The number of nitrogens with two attached hydrogens (primary N) is 1. The molecule has 1 atom stereocenters. The minimum absolute atomic E-state index is 0.100. The van der Waals surface area contributed by atoms with Crippen molar-refractivity contribution in [2.45, 2.75) is 24.8 Å². The molecule has 1 aromatic heterocycles. The number of aromatic amines is 1. The van der Waals surface area contributed by atoms with Crippen molar-refractivity contribution >= 4 is 16.6 Å². The van der Waals surface area contributed by atoms with E-state index < -0.39 is 5.54 Å². The lowest BCUT2D eigenvalue weighted by atomic mass is 9.80. The van der Waals surface area contributed by atoms with Crippen molar-refractivity contribution in [1.82, 2.24) is 4.98 Å². The summed E-state index contributed by atoms with van der Waals surface area (Å²) in [5, 5.41) is 11.7. The number of aromatic nitrogens is 1. The third kappa shape index (κ3) is 1.92. The van der Waals surface area contributed by atoms with E-state index in [2.05, 4.69) is 17.1 Å². The summed E-state index contributed by atoms with van der Waals surface area (Å²) < 4.78 is 0. The average molecular weight is 257 g/mol. The maximum absolute atomic E-state index is 10.9. The lowest BCUT2D eigenvalue weighted by Crippen LogP contribution is -2.37. The summed E-state index contributed by atoms with van der Waals surface area (Å²) in [6, 6.07) is 4.85. The van der Waals surface area contributed by atoms with Crippen LogP contribution in [0.15, 0.2) is 36.5 Å². The van der Waals surface area contributed by atoms with Crippen LogP contribution < -0.4 is 5.73 Å². The Labute approximate surface area is 110 Å². The highest BCUT2D eigenvalue weighted by atomic mass is 16.6. The second kappa shape index (κ2) is 4.20. The first-order chi connectivity index (χ1) is 9.10. The molecular formula is C14H15N3O2. The van der Waals surface area contributed by atoms with Gasteiger partial charge in [-0.3, -0.25) is 10.1 Å². The second-order valence-corrected chi connectivity index (χ2v) is 5.06. The Kier molecular flexibility index (Phi) is 2.64. The lowest BCUT2D eigenvalue weighted by molar-refractivity contribution is -0.384. The van der Waals surface area contributed by atoms with Gasteiger partial charge in [0.15, 0.2) is 0 Å². The molecule has 1 aliphatic rings. The van der Waals surface area contributed by atoms with Crippen molar-refractivity contribution in [2.75, 3.05) is 0 Å². The Balaban J connectivity index is 2.15. The van der Waals surface area contributed by atoms with Crippen LogP contribution in [0.2, 0.25) is 0 Å². The lowest BCUT2D eigenvalue weighted by Gasteiger charge is -2.30. The third-order valence-corrected chi connectivity index (χ3v) is 3.82. The summed E-state index contributed by atoms with van der Waals surface area (Å²) in [6.07, 6.45) is 8.66. The number of allylic oxidation sites excluding steroid dienone is 1. The summed E-state index contributed by atoms with van der Waals surface area (Å²) in [5.41, 5.74) is 8.00. The summed E-state index contributed by atoms with van der Waals surface area (Å²) in [7, 11) is 0. The number of fused-ring (bicyclic) bond motifs is 1. The van der Waals surface area contributed by atoms with Crippen molar-refractivity contribution < 1.29 is 4.92 Å². The largest absolute Gasteiger partial charge is 0.361 e. The molecule has 19 heavy (non-hydrogen) atoms. The van der Waals surface area contributed by atoms with Crippen LogP contribution in [0.3, 0.4) is 0 Å². The molecule has 0 saturated carbocycles. The Hall–Kier alpha value is -2.14. The SMILES string of the molecule is NC1(c2c[nH]c3ccc([N+](=O)[O-])cc23)CC=CCC1. The van der Waals surface area contributed by atoms with Crippen LogP contribution in [0.1, 0.15) is 24.8 Å². The molecule has 0 spiro atoms. The zero-order valence-corrected chi connectivity index (χ0v) is 10.4. The molecule has 1 aromatic carbocycles. The van der Waals surface area contributed by atoms with Crippen LogP contribution in [0, 0.1) is 10.1 Å². The van der Waals surface area contributed by atoms with Crippen LogP contribution in [0.4, 0.5) is 5.69 Å². The van der Waals surface area contributed by atoms with Crippen LogP contribution in [-0.2, 0) is 5.54 Å². The molecule has 0 bridgehead atoms. The van der Waals surface area contributed by atoms with Gasteiger partial charge in [-0.05, 0) is 30.9 Å². The smallest absolute Gasteiger partial charge is 0.270 e. The highest BCUT2D eigenvalue weighted by Gasteiger charge is 2.30. The van der Waals surface area contributed by atoms with Gasteiger partial charge in [-0.25, -0.2) is 0 Å². The van der Waals surface area contributed by atoms with Gasteiger partial charge < -0.3 is 10.7 Å². The Bertz CT molecular complexity index is 674. The van der Waals surface area contributed by atoms with Crippen molar-refractivity contribution in [1.29, 1.82) is 0 Å². The third-order valence-electron chi connectivity index (χ3n) is 3.82. The predicted octanol–water partition coefficient (Wildman–Crippen LogP) is 2.97. The summed E-state index contributed by atoms with van der Waals surface area (Å²) in [5.74, 6) is 0. The van der Waals surface area contributed by atoms with Gasteiger partial charge >= 0.3 is 0 Å². The molecule has 0 amide bonds. The highest BCUT2D eigenvalue weighted by Crippen LogP contribution is 2.36. The van der Waals surface area contributed by atoms with Crippen LogP contribution in [0.5, 0.6) is 0 Å². The molecule has 1 heterocycles. The zero-order valence-electron chi connectivity index (χ0n) is 10.4. The van der Waals surface area contributed by atoms with Crippen LogP contribution in [-0.4, -0.2) is 9.91 Å². The van der Waals surface area contributed by atoms with Crippen LogP contribution in [0.25, 0.3) is 10.9 Å². The van der Waals surface area contributed by atoms with Gasteiger partial charge in [0.05, 0.1) is 4.92 Å². The van der Waals surface area contributed by atoms with E-state index in [1.165, 1.54) is 6.07 Å². The number of benzene rings is 1. The molecule has 0 radical (unpaired) electrons. The molecule has 1 unspecified atom stereocenters. The molecule has 0 aliphatic heterocycles. The average Bonchev–Trinajstić information content (AvgIpc) is 2.83. The summed E-state index contributed by atoms with van der Waals surface area (Å²) in [6.45, 7) is 0. The Morgan fingerprint density at radius 3 is 2.89 bits per heavy atom. The molecule has 1 aliphatic carbocycles. The number of nitrogens with zero attached hydrogens (tertiary/aromatic N) is 1. The van der Waals surface area contributed by atoms with Gasteiger partial charge in [0.25, 0.3) is 5.69 Å². The molecule has 0 saturated heterocycles. The predicted molar refractivity (Wildman–Crippen MR) is 73.8 cm³/mol. The molecule has 3 N–H and O–H groups in total. The fourth-order valence-electron chi connectivity index (χ4n) is 2.73. The van der Waals surface area contributed by atoms with Gasteiger partial charge in [-0.2, -0.15) is 0 Å². The van der Waals surface area contributed by atoms with E-state index in [0.29, 0.717) is 0 Å². The maximum atomic E-state index is 10.9. The molecular weight excluding hydrogens is 242 g/mol. The van der Waals surface area contributed by atoms with Gasteiger partial charge in [-0.1, -0.05) is 12.2 Å². The maximum Gasteiger partial charge on any atom is 0.270 e. The number of non-ortho nitro benzene ring substituents is 1. The quantitative estimate of drug-likeness (QED) is 0.492. The van der Waals surface area contributed by atoms with Crippen LogP contribution >= 0.6 is 0 Å². The molecule has 98 valence electrons. The molecule has 2 aromatic rings. The van der Waals surface area contributed by atoms with E-state index in [-0.39, 0.29) is 10.6 Å². The number of nitro benzene ring substituents is 1. The minimum atomic E-state index is -0.428. The first-order valence-electron chi connectivity index (χ1n) is 6.30. The molecule has 0 fully saturated rings. The van der Waals surface area contributed by atoms with E-state index in [9.17, 15) is 10.1 Å². The number of hydrogen-bond donors (Lipinski definition) is 2. The fraction of sp³-hybridized carbons (Fsp3) is 0.286. The second-order valence-electron chi connectivity index (χ2n) is 5.06. The number of H-pyrrole nitrogens is 1. The van der Waals surface area contributed by atoms with Gasteiger partial charge in [0, 0.05) is 34.8 Å². The van der Waals surface area contributed by atoms with Crippen molar-refractivity contribution in [2.24, 2.45) is 5.73 Å². The standard InChI is InChI=1S/C14H15N3O2/c15-14(6-2-1-3-7-14)12-9-16-13-5-4-10(17(18)19)8-11(12)13/h1-2,4-5,8-9,16H,3,6-7,15H2. The van der Waals surface area contributed by atoms with E-state index in [1.54, 1.807) is 12.1 Å². The fourth-order valence-corrected chi connectivity index (χ4v) is 2.73. The normalized spacial score (nSPS) is 22.8. The van der Waals surface area contributed by atoms with E-state index in [1.807, 2.05) is 6.20 Å². The van der Waals surface area contributed by atoms with Gasteiger partial charge in [-0.15, -0.1) is 0 Å². The van der Waals surface area contributed by atoms with E-state index >= 15 is 0 Å². The van der Waals surface area contributed by atoms with Gasteiger partial charge in [0.2, 0.25) is 0 Å². The van der Waals surface area contributed by atoms with E-state index in [0.717, 1.165) is 35.7 Å². The number of rotatable bonds is 2. The Morgan fingerprint density at radius 2 is 2.21 bits per heavy atom. The Morgan fingerprint density at radius 1 is 1.37 bits per heavy atom. The summed E-state index contributed by atoms with van der Waals surface area (Å²) >= 11 is 0. The first-order valence-corrected chi connectivity index (χ1v) is 6.30. The molecule has 5 nitrogen and oxygen atoms in total. The van der Waals surface area contributed by atoms with E-state index in [4.69, 9.17) is 5.73 Å². The molecule has 5 heteroatoms. The monoisotopic (exact) mass is 257 g/mol.